The molecule has 0 saturated carbocycles. The van der Waals surface area contributed by atoms with Gasteiger partial charge in [0.2, 0.25) is 11.8 Å². The molecule has 0 radical (unpaired) electrons. The molecular formula is C21H30N2O4. The van der Waals surface area contributed by atoms with E-state index in [1.807, 2.05) is 23.1 Å². The van der Waals surface area contributed by atoms with Gasteiger partial charge < -0.3 is 19.7 Å². The van der Waals surface area contributed by atoms with E-state index in [1.165, 1.54) is 6.08 Å². The standard InChI is InChI=1S/C21H30N2O4/c1-16(2)15-27-18-8-6-17(14-19(18)26-3)7-9-20(24)22-11-10-21(25)23-12-4-5-13-23/h6-9,14,16H,4-5,10-13,15H2,1-3H3,(H,22,24)/b9-7+. The maximum atomic E-state index is 11.9. The Morgan fingerprint density at radius 3 is 2.63 bits per heavy atom. The molecule has 2 amide bonds. The third kappa shape index (κ3) is 6.96. The van der Waals surface area contributed by atoms with Crippen molar-refractivity contribution in [2.75, 3.05) is 33.4 Å². The van der Waals surface area contributed by atoms with Gasteiger partial charge in [-0.3, -0.25) is 9.59 Å². The van der Waals surface area contributed by atoms with E-state index in [0.29, 0.717) is 37.0 Å². The van der Waals surface area contributed by atoms with E-state index in [9.17, 15) is 9.59 Å². The van der Waals surface area contributed by atoms with Crippen LogP contribution in [0.3, 0.4) is 0 Å². The Kier molecular flexibility index (Phi) is 8.17. The first-order valence-electron chi connectivity index (χ1n) is 9.54. The number of likely N-dealkylation sites (tertiary alicyclic amines) is 1. The number of ether oxygens (including phenoxy) is 2. The predicted molar refractivity (Wildman–Crippen MR) is 106 cm³/mol. The average Bonchev–Trinajstić information content (AvgIpc) is 3.19. The lowest BCUT2D eigenvalue weighted by Crippen LogP contribution is -2.32. The van der Waals surface area contributed by atoms with Gasteiger partial charge in [-0.15, -0.1) is 0 Å². The molecule has 0 atom stereocenters. The number of hydrogen-bond acceptors (Lipinski definition) is 4. The lowest BCUT2D eigenvalue weighted by Gasteiger charge is -2.14. The minimum atomic E-state index is -0.219. The van der Waals surface area contributed by atoms with Gasteiger partial charge in [-0.2, -0.15) is 0 Å². The molecule has 6 heteroatoms. The fourth-order valence-corrected chi connectivity index (χ4v) is 2.81. The molecule has 0 aromatic heterocycles. The summed E-state index contributed by atoms with van der Waals surface area (Å²) in [6, 6.07) is 5.54. The molecule has 1 aliphatic heterocycles. The number of carbonyl (C=O) groups is 2. The van der Waals surface area contributed by atoms with Gasteiger partial charge in [0.15, 0.2) is 11.5 Å². The fraction of sp³-hybridized carbons (Fsp3) is 0.524. The first kappa shape index (κ1) is 20.8. The van der Waals surface area contributed by atoms with Gasteiger partial charge in [-0.25, -0.2) is 0 Å². The summed E-state index contributed by atoms with van der Waals surface area (Å²) in [5, 5.41) is 2.75. The topological polar surface area (TPSA) is 67.9 Å². The average molecular weight is 374 g/mol. The van der Waals surface area contributed by atoms with Crippen molar-refractivity contribution in [1.82, 2.24) is 10.2 Å². The van der Waals surface area contributed by atoms with E-state index < -0.39 is 0 Å². The van der Waals surface area contributed by atoms with E-state index in [0.717, 1.165) is 31.5 Å². The zero-order valence-corrected chi connectivity index (χ0v) is 16.5. The van der Waals surface area contributed by atoms with Gasteiger partial charge in [0.1, 0.15) is 0 Å². The van der Waals surface area contributed by atoms with Crippen LogP contribution in [-0.2, 0) is 9.59 Å². The molecule has 1 fully saturated rings. The first-order valence-corrected chi connectivity index (χ1v) is 9.54. The fourth-order valence-electron chi connectivity index (χ4n) is 2.81. The summed E-state index contributed by atoms with van der Waals surface area (Å²) in [6.07, 6.45) is 5.67. The molecule has 148 valence electrons. The van der Waals surface area contributed by atoms with Crippen molar-refractivity contribution in [2.45, 2.75) is 33.1 Å². The van der Waals surface area contributed by atoms with Gasteiger partial charge >= 0.3 is 0 Å². The maximum Gasteiger partial charge on any atom is 0.244 e. The first-order chi connectivity index (χ1) is 13.0. The smallest absolute Gasteiger partial charge is 0.244 e. The Hall–Kier alpha value is -2.50. The molecule has 1 heterocycles. The van der Waals surface area contributed by atoms with E-state index >= 15 is 0 Å². The van der Waals surface area contributed by atoms with Gasteiger partial charge in [0, 0.05) is 32.1 Å². The molecule has 0 spiro atoms. The van der Waals surface area contributed by atoms with Crippen molar-refractivity contribution in [1.29, 1.82) is 0 Å². The highest BCUT2D eigenvalue weighted by molar-refractivity contribution is 5.92. The Bertz CT molecular complexity index is 664. The zero-order chi connectivity index (χ0) is 19.6. The second-order valence-electron chi connectivity index (χ2n) is 7.08. The van der Waals surface area contributed by atoms with E-state index in [4.69, 9.17) is 9.47 Å². The Labute approximate surface area is 161 Å². The molecular weight excluding hydrogens is 344 g/mol. The molecule has 1 aromatic rings. The number of hydrogen-bond donors (Lipinski definition) is 1. The quantitative estimate of drug-likeness (QED) is 0.675. The molecule has 0 unspecified atom stereocenters. The highest BCUT2D eigenvalue weighted by atomic mass is 16.5. The van der Waals surface area contributed by atoms with Crippen LogP contribution in [-0.4, -0.2) is 50.1 Å². The maximum absolute atomic E-state index is 11.9. The third-order valence-electron chi connectivity index (χ3n) is 4.28. The Morgan fingerprint density at radius 2 is 1.96 bits per heavy atom. The third-order valence-corrected chi connectivity index (χ3v) is 4.28. The predicted octanol–water partition coefficient (Wildman–Crippen LogP) is 2.87. The van der Waals surface area contributed by atoms with Crippen LogP contribution >= 0.6 is 0 Å². The number of rotatable bonds is 9. The number of nitrogens with one attached hydrogen (secondary N) is 1. The van der Waals surface area contributed by atoms with Crippen LogP contribution in [0.25, 0.3) is 6.08 Å². The summed E-state index contributed by atoms with van der Waals surface area (Å²) in [4.78, 5) is 25.7. The zero-order valence-electron chi connectivity index (χ0n) is 16.5. The number of carbonyl (C=O) groups excluding carboxylic acids is 2. The molecule has 27 heavy (non-hydrogen) atoms. The van der Waals surface area contributed by atoms with Gasteiger partial charge in [-0.1, -0.05) is 19.9 Å². The van der Waals surface area contributed by atoms with Crippen molar-refractivity contribution in [3.05, 3.63) is 29.8 Å². The molecule has 6 nitrogen and oxygen atoms in total. The molecule has 0 bridgehead atoms. The van der Waals surface area contributed by atoms with Crippen molar-refractivity contribution >= 4 is 17.9 Å². The van der Waals surface area contributed by atoms with Crippen LogP contribution in [0, 0.1) is 5.92 Å². The van der Waals surface area contributed by atoms with Crippen molar-refractivity contribution in [3.63, 3.8) is 0 Å². The molecule has 0 aliphatic carbocycles. The second kappa shape index (κ2) is 10.6. The number of benzene rings is 1. The van der Waals surface area contributed by atoms with Gasteiger partial charge in [0.25, 0.3) is 0 Å². The largest absolute Gasteiger partial charge is 0.493 e. The summed E-state index contributed by atoms with van der Waals surface area (Å²) < 4.78 is 11.1. The van der Waals surface area contributed by atoms with Crippen LogP contribution in [0.2, 0.25) is 0 Å². The van der Waals surface area contributed by atoms with Crippen LogP contribution < -0.4 is 14.8 Å². The van der Waals surface area contributed by atoms with Crippen molar-refractivity contribution in [3.8, 4) is 11.5 Å². The molecule has 1 N–H and O–H groups in total. The molecule has 1 aromatic carbocycles. The Morgan fingerprint density at radius 1 is 1.22 bits per heavy atom. The summed E-state index contributed by atoms with van der Waals surface area (Å²) in [5.41, 5.74) is 0.840. The number of methoxy groups -OCH3 is 1. The Balaban J connectivity index is 1.81. The summed E-state index contributed by atoms with van der Waals surface area (Å²) in [6.45, 7) is 6.81. The SMILES string of the molecule is COc1cc(/C=C/C(=O)NCCC(=O)N2CCCC2)ccc1OCC(C)C. The van der Waals surface area contributed by atoms with Crippen molar-refractivity contribution < 1.29 is 19.1 Å². The number of nitrogens with zero attached hydrogens (tertiary/aromatic N) is 1. The molecule has 1 saturated heterocycles. The van der Waals surface area contributed by atoms with E-state index in [-0.39, 0.29) is 11.8 Å². The highest BCUT2D eigenvalue weighted by Gasteiger charge is 2.17. The van der Waals surface area contributed by atoms with E-state index in [1.54, 1.807) is 13.2 Å². The summed E-state index contributed by atoms with van der Waals surface area (Å²) >= 11 is 0. The lowest BCUT2D eigenvalue weighted by molar-refractivity contribution is -0.130. The van der Waals surface area contributed by atoms with Crippen LogP contribution in [0.4, 0.5) is 0 Å². The van der Waals surface area contributed by atoms with Gasteiger partial charge in [-0.05, 0) is 42.5 Å². The van der Waals surface area contributed by atoms with Crippen LogP contribution in [0.15, 0.2) is 24.3 Å². The van der Waals surface area contributed by atoms with E-state index in [2.05, 4.69) is 19.2 Å². The minimum absolute atomic E-state index is 0.110. The normalized spacial score (nSPS) is 14.0. The second-order valence-corrected chi connectivity index (χ2v) is 7.08. The van der Waals surface area contributed by atoms with Crippen LogP contribution in [0.1, 0.15) is 38.7 Å². The minimum Gasteiger partial charge on any atom is -0.493 e. The highest BCUT2D eigenvalue weighted by Crippen LogP contribution is 2.28. The molecule has 2 rings (SSSR count). The van der Waals surface area contributed by atoms with Crippen molar-refractivity contribution in [2.24, 2.45) is 5.92 Å². The van der Waals surface area contributed by atoms with Crippen LogP contribution in [0.5, 0.6) is 11.5 Å². The molecule has 1 aliphatic rings. The lowest BCUT2D eigenvalue weighted by atomic mass is 10.2. The monoisotopic (exact) mass is 374 g/mol. The van der Waals surface area contributed by atoms with Gasteiger partial charge in [0.05, 0.1) is 13.7 Å². The summed E-state index contributed by atoms with van der Waals surface area (Å²) in [5.74, 6) is 1.64. The summed E-state index contributed by atoms with van der Waals surface area (Å²) in [7, 11) is 1.59. The number of amides is 2.